The number of carbonyl (C=O) groups excluding carboxylic acids is 1. The number of ether oxygens (including phenoxy) is 1. The van der Waals surface area contributed by atoms with Gasteiger partial charge in [0.25, 0.3) is 0 Å². The number of benzene rings is 1. The van der Waals surface area contributed by atoms with Crippen LogP contribution >= 0.6 is 22.9 Å². The molecule has 35 heavy (non-hydrogen) atoms. The number of aliphatic hydroxyl groups is 1. The molecule has 3 aromatic heterocycles. The number of aliphatic hydroxyl groups excluding tert-OH is 1. The fraction of sp³-hybridized carbons (Fsp3) is 0.308. The number of pyridine rings is 1. The van der Waals surface area contributed by atoms with Crippen LogP contribution in [0.2, 0.25) is 5.02 Å². The number of nitrogens with two attached hydrogens (primary N) is 1. The second kappa shape index (κ2) is 10.4. The summed E-state index contributed by atoms with van der Waals surface area (Å²) in [4.78, 5) is 17.9. The van der Waals surface area contributed by atoms with E-state index in [4.69, 9.17) is 22.1 Å². The van der Waals surface area contributed by atoms with Crippen LogP contribution in [0, 0.1) is 0 Å². The van der Waals surface area contributed by atoms with Gasteiger partial charge >= 0.3 is 0 Å². The van der Waals surface area contributed by atoms with Crippen molar-refractivity contribution >= 4 is 34.5 Å². The van der Waals surface area contributed by atoms with E-state index in [0.29, 0.717) is 17.3 Å². The van der Waals surface area contributed by atoms with Gasteiger partial charge in [0, 0.05) is 34.9 Å². The number of nitrogens with zero attached hydrogens (tertiary/aromatic N) is 2. The Bertz CT molecular complexity index is 1350. The van der Waals surface area contributed by atoms with E-state index in [9.17, 15) is 9.90 Å². The molecule has 0 aliphatic rings. The van der Waals surface area contributed by atoms with Crippen LogP contribution in [0.3, 0.4) is 0 Å². The van der Waals surface area contributed by atoms with Crippen LogP contribution in [0.15, 0.2) is 54.9 Å². The molecule has 0 radical (unpaired) electrons. The summed E-state index contributed by atoms with van der Waals surface area (Å²) in [6, 6.07) is 13.6. The molecular formula is C26H29ClN4O3S. The summed E-state index contributed by atoms with van der Waals surface area (Å²) in [6.07, 6.45) is 3.49. The minimum absolute atomic E-state index is 0.0367. The van der Waals surface area contributed by atoms with Crippen molar-refractivity contribution in [1.82, 2.24) is 14.7 Å². The average Bonchev–Trinajstić information content (AvgIpc) is 3.41. The Morgan fingerprint density at radius 2 is 2.11 bits per heavy atom. The van der Waals surface area contributed by atoms with Gasteiger partial charge in [-0.05, 0) is 44.5 Å². The van der Waals surface area contributed by atoms with Crippen molar-refractivity contribution in [2.45, 2.75) is 45.4 Å². The van der Waals surface area contributed by atoms with Crippen LogP contribution < -0.4 is 15.8 Å². The molecule has 0 aliphatic heterocycles. The van der Waals surface area contributed by atoms with E-state index in [1.807, 2.05) is 80.0 Å². The highest BCUT2D eigenvalue weighted by molar-refractivity contribution is 7.15. The molecule has 0 bridgehead atoms. The molecule has 4 rings (SSSR count). The van der Waals surface area contributed by atoms with Gasteiger partial charge in [-0.25, -0.2) is 4.98 Å². The topological polar surface area (TPSA) is 102 Å². The summed E-state index contributed by atoms with van der Waals surface area (Å²) in [5.41, 5.74) is 8.74. The monoisotopic (exact) mass is 512 g/mol. The van der Waals surface area contributed by atoms with Crippen LogP contribution in [0.5, 0.6) is 5.75 Å². The third-order valence-corrected chi connectivity index (χ3v) is 7.21. The molecule has 4 aromatic rings. The van der Waals surface area contributed by atoms with Gasteiger partial charge in [-0.15, -0.1) is 11.3 Å². The van der Waals surface area contributed by atoms with Crippen molar-refractivity contribution in [3.05, 3.63) is 75.9 Å². The molecule has 184 valence electrons. The molecule has 0 spiro atoms. The SMILES string of the molecule is C[C@@H](Oc1cc(-c2cnc3ccccn23)sc1CC(N)=O)c1ccc(CNC(C)(C)CO)cc1Cl. The highest BCUT2D eigenvalue weighted by atomic mass is 35.5. The van der Waals surface area contributed by atoms with Gasteiger partial charge in [-0.3, -0.25) is 9.20 Å². The van der Waals surface area contributed by atoms with Gasteiger partial charge < -0.3 is 20.9 Å². The molecule has 9 heteroatoms. The molecule has 1 atom stereocenters. The second-order valence-electron chi connectivity index (χ2n) is 9.12. The molecule has 4 N–H and O–H groups in total. The summed E-state index contributed by atoms with van der Waals surface area (Å²) in [5, 5.41) is 13.3. The van der Waals surface area contributed by atoms with Gasteiger partial charge in [0.15, 0.2) is 0 Å². The maximum atomic E-state index is 11.7. The first-order valence-electron chi connectivity index (χ1n) is 11.3. The van der Waals surface area contributed by atoms with Crippen molar-refractivity contribution in [2.75, 3.05) is 6.61 Å². The highest BCUT2D eigenvalue weighted by Gasteiger charge is 2.20. The fourth-order valence-electron chi connectivity index (χ4n) is 3.70. The molecule has 0 saturated heterocycles. The van der Waals surface area contributed by atoms with E-state index < -0.39 is 5.91 Å². The predicted molar refractivity (Wildman–Crippen MR) is 140 cm³/mol. The largest absolute Gasteiger partial charge is 0.485 e. The Balaban J connectivity index is 1.57. The Hall–Kier alpha value is -2.91. The minimum Gasteiger partial charge on any atom is -0.485 e. The lowest BCUT2D eigenvalue weighted by Gasteiger charge is -2.24. The Morgan fingerprint density at radius 3 is 2.83 bits per heavy atom. The Morgan fingerprint density at radius 1 is 1.31 bits per heavy atom. The number of aromatic nitrogens is 2. The van der Waals surface area contributed by atoms with Crippen molar-refractivity contribution in [2.24, 2.45) is 5.73 Å². The lowest BCUT2D eigenvalue weighted by Crippen LogP contribution is -2.42. The smallest absolute Gasteiger partial charge is 0.222 e. The summed E-state index contributed by atoms with van der Waals surface area (Å²) in [7, 11) is 0. The third kappa shape index (κ3) is 5.85. The minimum atomic E-state index is -0.422. The fourth-order valence-corrected chi connectivity index (χ4v) is 5.16. The first kappa shape index (κ1) is 25.2. The summed E-state index contributed by atoms with van der Waals surface area (Å²) >= 11 is 8.08. The van der Waals surface area contributed by atoms with Gasteiger partial charge in [-0.1, -0.05) is 29.8 Å². The van der Waals surface area contributed by atoms with Gasteiger partial charge in [0.1, 0.15) is 17.5 Å². The number of imidazole rings is 1. The van der Waals surface area contributed by atoms with E-state index in [-0.39, 0.29) is 24.7 Å². The van der Waals surface area contributed by atoms with E-state index >= 15 is 0 Å². The predicted octanol–water partition coefficient (Wildman–Crippen LogP) is 4.74. The first-order valence-corrected chi connectivity index (χ1v) is 12.5. The second-order valence-corrected chi connectivity index (χ2v) is 10.7. The molecule has 3 heterocycles. The number of halogens is 1. The number of hydrogen-bond acceptors (Lipinski definition) is 6. The maximum absolute atomic E-state index is 11.7. The average molecular weight is 513 g/mol. The molecule has 7 nitrogen and oxygen atoms in total. The lowest BCUT2D eigenvalue weighted by atomic mass is 10.0. The maximum Gasteiger partial charge on any atom is 0.222 e. The summed E-state index contributed by atoms with van der Waals surface area (Å²) < 4.78 is 8.31. The number of carbonyl (C=O) groups is 1. The standard InChI is InChI=1S/C26H29ClN4O3S/c1-16(18-8-7-17(10-19(18)27)13-30-26(2,3)15-32)34-21-11-22(35-23(21)12-24(28)33)20-14-29-25-6-4-5-9-31(20)25/h4-11,14,16,30,32H,12-13,15H2,1-3H3,(H2,28,33)/t16-/m1/s1. The van der Waals surface area contributed by atoms with Gasteiger partial charge in [-0.2, -0.15) is 0 Å². The van der Waals surface area contributed by atoms with Crippen molar-refractivity contribution in [3.8, 4) is 16.3 Å². The number of fused-ring (bicyclic) bond motifs is 1. The normalized spacial score (nSPS) is 12.7. The molecule has 0 aliphatic carbocycles. The van der Waals surface area contributed by atoms with Crippen LogP contribution in [0.25, 0.3) is 16.2 Å². The number of amides is 1. The van der Waals surface area contributed by atoms with E-state index in [1.165, 1.54) is 11.3 Å². The number of hydrogen-bond donors (Lipinski definition) is 3. The van der Waals surface area contributed by atoms with Crippen LogP contribution in [-0.4, -0.2) is 32.5 Å². The molecule has 0 saturated carbocycles. The first-order chi connectivity index (χ1) is 16.7. The molecule has 0 fully saturated rings. The highest BCUT2D eigenvalue weighted by Crippen LogP contribution is 2.39. The van der Waals surface area contributed by atoms with Crippen molar-refractivity contribution in [3.63, 3.8) is 0 Å². The van der Waals surface area contributed by atoms with Crippen molar-refractivity contribution < 1.29 is 14.6 Å². The molecule has 0 unspecified atom stereocenters. The lowest BCUT2D eigenvalue weighted by molar-refractivity contribution is -0.117. The van der Waals surface area contributed by atoms with E-state index in [2.05, 4.69) is 10.3 Å². The molecule has 1 amide bonds. The van der Waals surface area contributed by atoms with Crippen LogP contribution in [0.1, 0.15) is 42.9 Å². The van der Waals surface area contributed by atoms with Crippen molar-refractivity contribution in [1.29, 1.82) is 0 Å². The van der Waals surface area contributed by atoms with E-state index in [0.717, 1.165) is 32.2 Å². The number of thiophene rings is 1. The van der Waals surface area contributed by atoms with Gasteiger partial charge in [0.2, 0.25) is 5.91 Å². The Kier molecular flexibility index (Phi) is 7.47. The van der Waals surface area contributed by atoms with Crippen LogP contribution in [-0.2, 0) is 17.8 Å². The molecular weight excluding hydrogens is 484 g/mol. The zero-order valence-electron chi connectivity index (χ0n) is 19.9. The van der Waals surface area contributed by atoms with E-state index in [1.54, 1.807) is 0 Å². The third-order valence-electron chi connectivity index (χ3n) is 5.75. The van der Waals surface area contributed by atoms with Gasteiger partial charge in [0.05, 0.1) is 34.7 Å². The zero-order valence-corrected chi connectivity index (χ0v) is 21.5. The zero-order chi connectivity index (χ0) is 25.2. The number of nitrogens with one attached hydrogen (secondary N) is 1. The number of primary amides is 1. The van der Waals surface area contributed by atoms with Crippen LogP contribution in [0.4, 0.5) is 0 Å². The summed E-state index contributed by atoms with van der Waals surface area (Å²) in [6.45, 7) is 6.41. The molecule has 1 aromatic carbocycles. The Labute approximate surface area is 213 Å². The summed E-state index contributed by atoms with van der Waals surface area (Å²) in [5.74, 6) is 0.184. The quantitative estimate of drug-likeness (QED) is 0.285. The number of rotatable bonds is 10.